The summed E-state index contributed by atoms with van der Waals surface area (Å²) in [5.41, 5.74) is 9.41. The van der Waals surface area contributed by atoms with Crippen LogP contribution in [-0.2, 0) is 0 Å². The molecule has 0 unspecified atom stereocenters. The molecule has 2 heteroatoms. The van der Waals surface area contributed by atoms with Crippen LogP contribution in [0.1, 0.15) is 0 Å². The molecular formula is C40H28N2. The van der Waals surface area contributed by atoms with Gasteiger partial charge in [0.25, 0.3) is 0 Å². The fraction of sp³-hybridized carbons (Fsp3) is 0. The lowest BCUT2D eigenvalue weighted by Gasteiger charge is -2.27. The van der Waals surface area contributed by atoms with Gasteiger partial charge in [0.05, 0.1) is 16.7 Å². The predicted octanol–water partition coefficient (Wildman–Crippen LogP) is 11.1. The number of rotatable bonds is 5. The summed E-state index contributed by atoms with van der Waals surface area (Å²) < 4.78 is 2.36. The Morgan fingerprint density at radius 3 is 1.86 bits per heavy atom. The minimum absolute atomic E-state index is 1.13. The number of anilines is 3. The quantitative estimate of drug-likeness (QED) is 0.212. The van der Waals surface area contributed by atoms with E-state index in [4.69, 9.17) is 0 Å². The van der Waals surface area contributed by atoms with Crippen molar-refractivity contribution in [2.24, 2.45) is 0 Å². The second-order valence-corrected chi connectivity index (χ2v) is 10.6. The second-order valence-electron chi connectivity index (χ2n) is 10.6. The highest BCUT2D eigenvalue weighted by Crippen LogP contribution is 2.41. The zero-order valence-electron chi connectivity index (χ0n) is 23.1. The Bertz CT molecular complexity index is 2190. The first-order valence-corrected chi connectivity index (χ1v) is 14.4. The number of aromatic nitrogens is 1. The lowest BCUT2D eigenvalue weighted by atomic mass is 10.0. The van der Waals surface area contributed by atoms with Crippen molar-refractivity contribution in [2.75, 3.05) is 4.90 Å². The summed E-state index contributed by atoms with van der Waals surface area (Å²) >= 11 is 0. The normalized spacial score (nSPS) is 11.3. The third-order valence-electron chi connectivity index (χ3n) is 8.15. The van der Waals surface area contributed by atoms with E-state index >= 15 is 0 Å². The van der Waals surface area contributed by atoms with E-state index in [1.54, 1.807) is 0 Å². The molecule has 42 heavy (non-hydrogen) atoms. The summed E-state index contributed by atoms with van der Waals surface area (Å²) in [4.78, 5) is 2.37. The van der Waals surface area contributed by atoms with E-state index < -0.39 is 0 Å². The standard InChI is InChI=1S/C40H28N2/c1-3-16-32(17-4-1)41(38-24-12-14-29-13-7-8-21-35(29)38)34-20-11-15-30(27-34)31-25-26-40-37(28-31)36-22-9-10-23-39(36)42(40)33-18-5-2-6-19-33/h1-28H. The van der Waals surface area contributed by atoms with E-state index in [2.05, 4.69) is 179 Å². The minimum Gasteiger partial charge on any atom is -0.310 e. The summed E-state index contributed by atoms with van der Waals surface area (Å²) in [6, 6.07) is 60.9. The highest BCUT2D eigenvalue weighted by Gasteiger charge is 2.17. The molecule has 1 heterocycles. The Labute approximate surface area is 245 Å². The molecule has 0 amide bonds. The van der Waals surface area contributed by atoms with Crippen molar-refractivity contribution in [3.63, 3.8) is 0 Å². The van der Waals surface area contributed by atoms with Crippen molar-refractivity contribution in [2.45, 2.75) is 0 Å². The van der Waals surface area contributed by atoms with Crippen molar-refractivity contribution in [1.82, 2.24) is 4.57 Å². The van der Waals surface area contributed by atoms with Gasteiger partial charge in [0.1, 0.15) is 0 Å². The highest BCUT2D eigenvalue weighted by atomic mass is 15.1. The van der Waals surface area contributed by atoms with Crippen molar-refractivity contribution < 1.29 is 0 Å². The third kappa shape index (κ3) is 4.05. The summed E-state index contributed by atoms with van der Waals surface area (Å²) in [5.74, 6) is 0. The monoisotopic (exact) mass is 536 g/mol. The van der Waals surface area contributed by atoms with Crippen LogP contribution in [0.15, 0.2) is 170 Å². The van der Waals surface area contributed by atoms with Crippen LogP contribution in [0, 0.1) is 0 Å². The molecule has 0 atom stereocenters. The fourth-order valence-electron chi connectivity index (χ4n) is 6.24. The lowest BCUT2D eigenvalue weighted by Crippen LogP contribution is -2.10. The molecule has 0 aliphatic heterocycles. The van der Waals surface area contributed by atoms with E-state index in [0.717, 1.165) is 17.1 Å². The van der Waals surface area contributed by atoms with Gasteiger partial charge in [0.15, 0.2) is 0 Å². The molecule has 0 spiro atoms. The molecule has 0 radical (unpaired) electrons. The summed E-state index contributed by atoms with van der Waals surface area (Å²) in [7, 11) is 0. The van der Waals surface area contributed by atoms with Crippen LogP contribution in [0.25, 0.3) is 49.4 Å². The number of nitrogens with zero attached hydrogens (tertiary/aromatic N) is 2. The number of hydrogen-bond acceptors (Lipinski definition) is 1. The lowest BCUT2D eigenvalue weighted by molar-refractivity contribution is 1.18. The number of benzene rings is 7. The minimum atomic E-state index is 1.13. The molecule has 198 valence electrons. The van der Waals surface area contributed by atoms with Crippen molar-refractivity contribution in [1.29, 1.82) is 0 Å². The van der Waals surface area contributed by atoms with Gasteiger partial charge in [-0.25, -0.2) is 0 Å². The van der Waals surface area contributed by atoms with Gasteiger partial charge in [-0.1, -0.05) is 109 Å². The van der Waals surface area contributed by atoms with Gasteiger partial charge >= 0.3 is 0 Å². The Balaban J connectivity index is 1.30. The van der Waals surface area contributed by atoms with Crippen LogP contribution in [0.2, 0.25) is 0 Å². The number of fused-ring (bicyclic) bond motifs is 4. The van der Waals surface area contributed by atoms with Gasteiger partial charge in [0, 0.05) is 33.2 Å². The first-order chi connectivity index (χ1) is 20.8. The number of para-hydroxylation sites is 3. The van der Waals surface area contributed by atoms with E-state index in [9.17, 15) is 0 Å². The fourth-order valence-corrected chi connectivity index (χ4v) is 6.24. The van der Waals surface area contributed by atoms with Crippen LogP contribution >= 0.6 is 0 Å². The summed E-state index contributed by atoms with van der Waals surface area (Å²) in [6.07, 6.45) is 0. The first-order valence-electron chi connectivity index (χ1n) is 14.4. The third-order valence-corrected chi connectivity index (χ3v) is 8.15. The van der Waals surface area contributed by atoms with Crippen LogP contribution < -0.4 is 4.90 Å². The molecule has 0 aliphatic rings. The molecule has 8 aromatic rings. The van der Waals surface area contributed by atoms with Crippen molar-refractivity contribution in [3.05, 3.63) is 170 Å². The molecule has 0 fully saturated rings. The van der Waals surface area contributed by atoms with Crippen LogP contribution in [0.5, 0.6) is 0 Å². The largest absolute Gasteiger partial charge is 0.310 e. The maximum atomic E-state index is 2.37. The Hall–Kier alpha value is -5.60. The maximum absolute atomic E-state index is 2.37. The van der Waals surface area contributed by atoms with E-state index in [0.29, 0.717) is 0 Å². The maximum Gasteiger partial charge on any atom is 0.0541 e. The predicted molar refractivity (Wildman–Crippen MR) is 178 cm³/mol. The molecule has 2 nitrogen and oxygen atoms in total. The summed E-state index contributed by atoms with van der Waals surface area (Å²) in [5, 5.41) is 4.97. The van der Waals surface area contributed by atoms with E-state index in [1.165, 1.54) is 49.4 Å². The zero-order valence-corrected chi connectivity index (χ0v) is 23.1. The van der Waals surface area contributed by atoms with Gasteiger partial charge in [-0.2, -0.15) is 0 Å². The number of hydrogen-bond donors (Lipinski definition) is 0. The SMILES string of the molecule is c1ccc(N(c2cccc(-c3ccc4c(c3)c3ccccc3n4-c3ccccc3)c2)c2cccc3ccccc23)cc1. The van der Waals surface area contributed by atoms with Crippen molar-refractivity contribution in [3.8, 4) is 16.8 Å². The smallest absolute Gasteiger partial charge is 0.0541 e. The average Bonchev–Trinajstić information content (AvgIpc) is 3.40. The Kier molecular flexibility index (Phi) is 5.82. The molecule has 0 aliphatic carbocycles. The molecule has 0 saturated carbocycles. The van der Waals surface area contributed by atoms with Crippen LogP contribution in [0.3, 0.4) is 0 Å². The van der Waals surface area contributed by atoms with Gasteiger partial charge in [-0.05, 0) is 77.2 Å². The Morgan fingerprint density at radius 2 is 1.00 bits per heavy atom. The van der Waals surface area contributed by atoms with Gasteiger partial charge < -0.3 is 9.47 Å². The average molecular weight is 537 g/mol. The molecule has 7 aromatic carbocycles. The molecule has 0 bridgehead atoms. The van der Waals surface area contributed by atoms with E-state index in [1.807, 2.05) is 0 Å². The molecule has 1 aromatic heterocycles. The van der Waals surface area contributed by atoms with Crippen molar-refractivity contribution >= 4 is 49.6 Å². The van der Waals surface area contributed by atoms with E-state index in [-0.39, 0.29) is 0 Å². The molecular weight excluding hydrogens is 508 g/mol. The molecule has 0 saturated heterocycles. The van der Waals surface area contributed by atoms with Crippen LogP contribution in [0.4, 0.5) is 17.1 Å². The highest BCUT2D eigenvalue weighted by molar-refractivity contribution is 6.10. The topological polar surface area (TPSA) is 8.17 Å². The molecule has 8 rings (SSSR count). The molecule has 0 N–H and O–H groups in total. The zero-order chi connectivity index (χ0) is 27.9. The van der Waals surface area contributed by atoms with Gasteiger partial charge in [-0.3, -0.25) is 0 Å². The van der Waals surface area contributed by atoms with Gasteiger partial charge in [0.2, 0.25) is 0 Å². The van der Waals surface area contributed by atoms with Crippen LogP contribution in [-0.4, -0.2) is 4.57 Å². The van der Waals surface area contributed by atoms with Gasteiger partial charge in [-0.15, -0.1) is 0 Å². The second kappa shape index (κ2) is 10.1. The summed E-state index contributed by atoms with van der Waals surface area (Å²) in [6.45, 7) is 0. The Morgan fingerprint density at radius 1 is 0.381 bits per heavy atom. The first kappa shape index (κ1) is 24.2.